The van der Waals surface area contributed by atoms with E-state index in [9.17, 15) is 9.59 Å². The molecule has 1 unspecified atom stereocenters. The number of hydrogen-bond acceptors (Lipinski definition) is 4. The fourth-order valence-corrected chi connectivity index (χ4v) is 2.66. The standard InChI is InChI=1S/C22H28N2O4/c1-4-16-10-12-17(13-11-16)28-20(5-2)22(26)24-19-9-7-6-8-18(19)21(25)23-14-15-27-3/h6-13,20H,4-5,14-15H2,1-3H3,(H,23,25)(H,24,26). The maximum atomic E-state index is 12.7. The van der Waals surface area contributed by atoms with E-state index in [-0.39, 0.29) is 11.8 Å². The number of benzene rings is 2. The molecule has 0 aromatic heterocycles. The minimum atomic E-state index is -0.655. The van der Waals surface area contributed by atoms with E-state index in [2.05, 4.69) is 17.6 Å². The number of carbonyl (C=O) groups is 2. The lowest BCUT2D eigenvalue weighted by Gasteiger charge is -2.18. The summed E-state index contributed by atoms with van der Waals surface area (Å²) >= 11 is 0. The largest absolute Gasteiger partial charge is 0.481 e. The van der Waals surface area contributed by atoms with Crippen LogP contribution in [0.1, 0.15) is 36.2 Å². The molecule has 150 valence electrons. The molecule has 0 saturated heterocycles. The van der Waals surface area contributed by atoms with Gasteiger partial charge in [-0.2, -0.15) is 0 Å². The van der Waals surface area contributed by atoms with Gasteiger partial charge in [0.2, 0.25) is 0 Å². The zero-order valence-corrected chi connectivity index (χ0v) is 16.7. The molecular weight excluding hydrogens is 356 g/mol. The van der Waals surface area contributed by atoms with Crippen LogP contribution in [0.25, 0.3) is 0 Å². The molecule has 0 radical (unpaired) electrons. The van der Waals surface area contributed by atoms with Crippen LogP contribution in [0.4, 0.5) is 5.69 Å². The Morgan fingerprint density at radius 1 is 1.04 bits per heavy atom. The molecule has 6 heteroatoms. The van der Waals surface area contributed by atoms with E-state index >= 15 is 0 Å². The summed E-state index contributed by atoms with van der Waals surface area (Å²) in [4.78, 5) is 25.1. The summed E-state index contributed by atoms with van der Waals surface area (Å²) in [5.41, 5.74) is 2.05. The number of anilines is 1. The fraction of sp³-hybridized carbons (Fsp3) is 0.364. The second-order valence-electron chi connectivity index (χ2n) is 6.30. The Balaban J connectivity index is 2.06. The number of rotatable bonds is 10. The van der Waals surface area contributed by atoms with Crippen molar-refractivity contribution in [2.45, 2.75) is 32.8 Å². The molecule has 2 aromatic carbocycles. The van der Waals surface area contributed by atoms with E-state index in [1.165, 1.54) is 5.56 Å². The first-order valence-corrected chi connectivity index (χ1v) is 9.51. The highest BCUT2D eigenvalue weighted by Crippen LogP contribution is 2.19. The number of methoxy groups -OCH3 is 1. The molecule has 1 atom stereocenters. The highest BCUT2D eigenvalue weighted by atomic mass is 16.5. The van der Waals surface area contributed by atoms with Gasteiger partial charge in [0.1, 0.15) is 5.75 Å². The van der Waals surface area contributed by atoms with E-state index in [1.54, 1.807) is 31.4 Å². The summed E-state index contributed by atoms with van der Waals surface area (Å²) in [5.74, 6) is 0.0843. The lowest BCUT2D eigenvalue weighted by molar-refractivity contribution is -0.122. The van der Waals surface area contributed by atoms with Crippen LogP contribution in [0.2, 0.25) is 0 Å². The van der Waals surface area contributed by atoms with Crippen molar-refractivity contribution in [1.82, 2.24) is 5.32 Å². The predicted molar refractivity (Wildman–Crippen MR) is 110 cm³/mol. The van der Waals surface area contributed by atoms with Gasteiger partial charge in [-0.25, -0.2) is 0 Å². The molecule has 0 aliphatic rings. The number of nitrogens with one attached hydrogen (secondary N) is 2. The van der Waals surface area contributed by atoms with Crippen molar-refractivity contribution in [2.75, 3.05) is 25.6 Å². The molecule has 0 spiro atoms. The van der Waals surface area contributed by atoms with Crippen LogP contribution in [0.15, 0.2) is 48.5 Å². The quantitative estimate of drug-likeness (QED) is 0.616. The van der Waals surface area contributed by atoms with E-state index in [4.69, 9.17) is 9.47 Å². The zero-order valence-electron chi connectivity index (χ0n) is 16.7. The average Bonchev–Trinajstić information content (AvgIpc) is 2.72. The Hall–Kier alpha value is -2.86. The Bertz CT molecular complexity index is 774. The molecular formula is C22H28N2O4. The van der Waals surface area contributed by atoms with E-state index in [1.807, 2.05) is 31.2 Å². The van der Waals surface area contributed by atoms with E-state index in [0.29, 0.717) is 36.6 Å². The first-order valence-electron chi connectivity index (χ1n) is 9.51. The summed E-state index contributed by atoms with van der Waals surface area (Å²) < 4.78 is 10.8. The second-order valence-corrected chi connectivity index (χ2v) is 6.30. The first-order chi connectivity index (χ1) is 13.6. The van der Waals surface area contributed by atoms with Crippen molar-refractivity contribution in [3.8, 4) is 5.75 Å². The molecule has 2 aromatic rings. The molecule has 2 amide bonds. The van der Waals surface area contributed by atoms with Crippen LogP contribution in [0.3, 0.4) is 0 Å². The van der Waals surface area contributed by atoms with Gasteiger partial charge in [-0.3, -0.25) is 9.59 Å². The third kappa shape index (κ3) is 6.09. The minimum absolute atomic E-state index is 0.267. The number of carbonyl (C=O) groups excluding carboxylic acids is 2. The van der Waals surface area contributed by atoms with Gasteiger partial charge in [-0.1, -0.05) is 38.1 Å². The number of hydrogen-bond donors (Lipinski definition) is 2. The number of ether oxygens (including phenoxy) is 2. The third-order valence-electron chi connectivity index (χ3n) is 4.29. The van der Waals surface area contributed by atoms with Crippen molar-refractivity contribution < 1.29 is 19.1 Å². The van der Waals surface area contributed by atoms with Crippen LogP contribution in [-0.2, 0) is 16.0 Å². The molecule has 2 N–H and O–H groups in total. The van der Waals surface area contributed by atoms with Gasteiger partial charge in [0.25, 0.3) is 11.8 Å². The van der Waals surface area contributed by atoms with Crippen molar-refractivity contribution in [3.05, 3.63) is 59.7 Å². The predicted octanol–water partition coefficient (Wildman–Crippen LogP) is 3.42. The monoisotopic (exact) mass is 384 g/mol. The molecule has 0 fully saturated rings. The Kier molecular flexibility index (Phi) is 8.49. The molecule has 0 aliphatic heterocycles. The van der Waals surface area contributed by atoms with Gasteiger partial charge < -0.3 is 20.1 Å². The van der Waals surface area contributed by atoms with Crippen LogP contribution < -0.4 is 15.4 Å². The lowest BCUT2D eigenvalue weighted by atomic mass is 10.1. The Labute approximate surface area is 166 Å². The van der Waals surface area contributed by atoms with E-state index in [0.717, 1.165) is 6.42 Å². The average molecular weight is 384 g/mol. The SMILES string of the molecule is CCc1ccc(OC(CC)C(=O)Nc2ccccc2C(=O)NCCOC)cc1. The van der Waals surface area contributed by atoms with Crippen LogP contribution >= 0.6 is 0 Å². The number of amides is 2. The van der Waals surface area contributed by atoms with E-state index < -0.39 is 6.10 Å². The Morgan fingerprint density at radius 3 is 2.39 bits per heavy atom. The Morgan fingerprint density at radius 2 is 1.75 bits per heavy atom. The molecule has 0 heterocycles. The van der Waals surface area contributed by atoms with Gasteiger partial charge in [0, 0.05) is 13.7 Å². The van der Waals surface area contributed by atoms with Gasteiger partial charge >= 0.3 is 0 Å². The maximum Gasteiger partial charge on any atom is 0.265 e. The highest BCUT2D eigenvalue weighted by Gasteiger charge is 2.21. The van der Waals surface area contributed by atoms with Crippen molar-refractivity contribution in [1.29, 1.82) is 0 Å². The first kappa shape index (κ1) is 21.4. The van der Waals surface area contributed by atoms with Gasteiger partial charge in [0.05, 0.1) is 17.9 Å². The summed E-state index contributed by atoms with van der Waals surface area (Å²) in [5, 5.41) is 5.58. The summed E-state index contributed by atoms with van der Waals surface area (Å²) in [7, 11) is 1.57. The smallest absolute Gasteiger partial charge is 0.265 e. The van der Waals surface area contributed by atoms with Crippen LogP contribution in [0, 0.1) is 0 Å². The fourth-order valence-electron chi connectivity index (χ4n) is 2.66. The summed E-state index contributed by atoms with van der Waals surface area (Å²) in [6.45, 7) is 4.78. The van der Waals surface area contributed by atoms with Crippen molar-refractivity contribution >= 4 is 17.5 Å². The molecule has 0 saturated carbocycles. The van der Waals surface area contributed by atoms with Crippen LogP contribution in [0.5, 0.6) is 5.75 Å². The lowest BCUT2D eigenvalue weighted by Crippen LogP contribution is -2.34. The van der Waals surface area contributed by atoms with Crippen molar-refractivity contribution in [3.63, 3.8) is 0 Å². The molecule has 28 heavy (non-hydrogen) atoms. The van der Waals surface area contributed by atoms with Gasteiger partial charge in [-0.15, -0.1) is 0 Å². The summed E-state index contributed by atoms with van der Waals surface area (Å²) in [6.07, 6.45) is 0.794. The zero-order chi connectivity index (χ0) is 20.4. The highest BCUT2D eigenvalue weighted by molar-refractivity contribution is 6.04. The van der Waals surface area contributed by atoms with Gasteiger partial charge in [-0.05, 0) is 42.7 Å². The molecule has 0 bridgehead atoms. The summed E-state index contributed by atoms with van der Waals surface area (Å²) in [6, 6.07) is 14.6. The number of para-hydroxylation sites is 1. The topological polar surface area (TPSA) is 76.7 Å². The maximum absolute atomic E-state index is 12.7. The number of aryl methyl sites for hydroxylation is 1. The molecule has 0 aliphatic carbocycles. The molecule has 2 rings (SSSR count). The van der Waals surface area contributed by atoms with Gasteiger partial charge in [0.15, 0.2) is 6.10 Å². The van der Waals surface area contributed by atoms with Crippen molar-refractivity contribution in [2.24, 2.45) is 0 Å². The third-order valence-corrected chi connectivity index (χ3v) is 4.29. The van der Waals surface area contributed by atoms with Crippen LogP contribution in [-0.4, -0.2) is 38.2 Å². The minimum Gasteiger partial charge on any atom is -0.481 e. The second kappa shape index (κ2) is 11.1. The normalized spacial score (nSPS) is 11.5. The molecule has 6 nitrogen and oxygen atoms in total.